The van der Waals surface area contributed by atoms with Gasteiger partial charge in [-0.3, -0.25) is 16.0 Å². The normalized spacial score (nSPS) is 16.1. The third kappa shape index (κ3) is 4.38. The minimum Gasteiger partial charge on any atom is -0.381 e. The number of benzene rings is 1. The smallest absolute Gasteiger partial charge is 0.293 e. The Morgan fingerprint density at radius 1 is 1.48 bits per heavy atom. The molecule has 1 heterocycles. The summed E-state index contributed by atoms with van der Waals surface area (Å²) in [7, 11) is 2.06. The largest absolute Gasteiger partial charge is 0.381 e. The monoisotopic (exact) mass is 294 g/mol. The van der Waals surface area contributed by atoms with Crippen molar-refractivity contribution in [3.05, 3.63) is 33.9 Å². The third-order valence-corrected chi connectivity index (χ3v) is 3.78. The van der Waals surface area contributed by atoms with E-state index in [0.717, 1.165) is 44.7 Å². The van der Waals surface area contributed by atoms with Crippen molar-refractivity contribution in [2.75, 3.05) is 32.2 Å². The van der Waals surface area contributed by atoms with Gasteiger partial charge in [0, 0.05) is 32.4 Å². The van der Waals surface area contributed by atoms with Crippen molar-refractivity contribution in [1.82, 2.24) is 4.90 Å². The molecule has 1 aliphatic heterocycles. The van der Waals surface area contributed by atoms with E-state index in [-0.39, 0.29) is 5.69 Å². The molecule has 0 atom stereocenters. The number of nitrogens with one attached hydrogen (secondary N) is 1. The van der Waals surface area contributed by atoms with Gasteiger partial charge in [0.2, 0.25) is 0 Å². The maximum absolute atomic E-state index is 10.9. The molecule has 0 unspecified atom stereocenters. The Balaban J connectivity index is 1.96. The molecule has 2 rings (SSSR count). The predicted molar refractivity (Wildman–Crippen MR) is 80.8 cm³/mol. The van der Waals surface area contributed by atoms with Crippen molar-refractivity contribution in [3.8, 4) is 0 Å². The molecule has 0 aromatic heterocycles. The van der Waals surface area contributed by atoms with Crippen LogP contribution in [-0.2, 0) is 11.3 Å². The van der Waals surface area contributed by atoms with E-state index in [2.05, 4.69) is 17.4 Å². The molecule has 21 heavy (non-hydrogen) atoms. The molecule has 1 aliphatic rings. The second kappa shape index (κ2) is 7.35. The van der Waals surface area contributed by atoms with Crippen LogP contribution in [0.1, 0.15) is 18.4 Å². The van der Waals surface area contributed by atoms with E-state index < -0.39 is 4.92 Å². The van der Waals surface area contributed by atoms with Crippen LogP contribution in [0.5, 0.6) is 0 Å². The highest BCUT2D eigenvalue weighted by Gasteiger charge is 2.17. The highest BCUT2D eigenvalue weighted by molar-refractivity contribution is 5.62. The van der Waals surface area contributed by atoms with Crippen LogP contribution >= 0.6 is 0 Å². The fourth-order valence-corrected chi connectivity index (χ4v) is 2.70. The summed E-state index contributed by atoms with van der Waals surface area (Å²) in [5.41, 5.74) is 3.74. The van der Waals surface area contributed by atoms with Crippen molar-refractivity contribution in [1.29, 1.82) is 0 Å². The number of nitrogen functional groups attached to an aromatic ring is 1. The van der Waals surface area contributed by atoms with Gasteiger partial charge in [0.25, 0.3) is 5.69 Å². The van der Waals surface area contributed by atoms with Crippen LogP contribution in [0.4, 0.5) is 11.4 Å². The highest BCUT2D eigenvalue weighted by atomic mass is 16.6. The lowest BCUT2D eigenvalue weighted by Gasteiger charge is -2.27. The van der Waals surface area contributed by atoms with E-state index in [9.17, 15) is 10.1 Å². The highest BCUT2D eigenvalue weighted by Crippen LogP contribution is 2.25. The molecule has 3 N–H and O–H groups in total. The first-order valence-electron chi connectivity index (χ1n) is 7.10. The lowest BCUT2D eigenvalue weighted by molar-refractivity contribution is -0.384. The van der Waals surface area contributed by atoms with E-state index in [0.29, 0.717) is 11.6 Å². The van der Waals surface area contributed by atoms with Gasteiger partial charge in [-0.2, -0.15) is 0 Å². The molecule has 0 radical (unpaired) electrons. The predicted octanol–water partition coefficient (Wildman–Crippen LogP) is 1.74. The van der Waals surface area contributed by atoms with Crippen LogP contribution in [0.25, 0.3) is 0 Å². The van der Waals surface area contributed by atoms with E-state index in [1.54, 1.807) is 12.1 Å². The van der Waals surface area contributed by atoms with Crippen molar-refractivity contribution >= 4 is 11.4 Å². The zero-order chi connectivity index (χ0) is 15.2. The number of hydrazine groups is 1. The van der Waals surface area contributed by atoms with Crippen LogP contribution in [0.15, 0.2) is 18.2 Å². The Morgan fingerprint density at radius 3 is 2.81 bits per heavy atom. The van der Waals surface area contributed by atoms with Gasteiger partial charge in [-0.25, -0.2) is 0 Å². The molecule has 7 nitrogen and oxygen atoms in total. The topological polar surface area (TPSA) is 93.7 Å². The SMILES string of the molecule is CN(Cc1ccc([N+](=O)[O-])c(NN)c1)CC1CCOCC1. The van der Waals surface area contributed by atoms with E-state index in [4.69, 9.17) is 10.6 Å². The molecular formula is C14H22N4O3. The van der Waals surface area contributed by atoms with Crippen molar-refractivity contribution in [2.24, 2.45) is 11.8 Å². The molecule has 1 aromatic carbocycles. The summed E-state index contributed by atoms with van der Waals surface area (Å²) in [4.78, 5) is 12.7. The number of hydrogen-bond donors (Lipinski definition) is 2. The van der Waals surface area contributed by atoms with Gasteiger partial charge in [0.05, 0.1) is 4.92 Å². The Morgan fingerprint density at radius 2 is 2.19 bits per heavy atom. The van der Waals surface area contributed by atoms with E-state index >= 15 is 0 Å². The molecule has 0 bridgehead atoms. The molecule has 0 aliphatic carbocycles. The summed E-state index contributed by atoms with van der Waals surface area (Å²) in [6, 6.07) is 5.00. The van der Waals surface area contributed by atoms with Gasteiger partial charge < -0.3 is 15.1 Å². The summed E-state index contributed by atoms with van der Waals surface area (Å²) in [6.45, 7) is 3.43. The van der Waals surface area contributed by atoms with E-state index in [1.807, 2.05) is 0 Å². The van der Waals surface area contributed by atoms with Crippen LogP contribution < -0.4 is 11.3 Å². The molecule has 1 saturated heterocycles. The van der Waals surface area contributed by atoms with Crippen LogP contribution in [-0.4, -0.2) is 36.6 Å². The summed E-state index contributed by atoms with van der Waals surface area (Å²) < 4.78 is 5.36. The fourth-order valence-electron chi connectivity index (χ4n) is 2.70. The lowest BCUT2D eigenvalue weighted by Crippen LogP contribution is -2.29. The molecular weight excluding hydrogens is 272 g/mol. The van der Waals surface area contributed by atoms with Crippen LogP contribution in [0.3, 0.4) is 0 Å². The Bertz CT molecular complexity index is 489. The number of anilines is 1. The average Bonchev–Trinajstić information content (AvgIpc) is 2.47. The zero-order valence-corrected chi connectivity index (χ0v) is 12.2. The summed E-state index contributed by atoms with van der Waals surface area (Å²) >= 11 is 0. The van der Waals surface area contributed by atoms with Crippen molar-refractivity contribution in [2.45, 2.75) is 19.4 Å². The maximum Gasteiger partial charge on any atom is 0.293 e. The van der Waals surface area contributed by atoms with Crippen LogP contribution in [0, 0.1) is 16.0 Å². The summed E-state index contributed by atoms with van der Waals surface area (Å²) in [5, 5.41) is 10.9. The standard InChI is InChI=1S/C14H22N4O3/c1-17(9-11-4-6-21-7-5-11)10-12-2-3-14(18(19)20)13(8-12)16-15/h2-3,8,11,16H,4-7,9-10,15H2,1H3. The first-order chi connectivity index (χ1) is 10.1. The number of nitro groups is 1. The molecule has 0 amide bonds. The second-order valence-corrected chi connectivity index (χ2v) is 5.51. The summed E-state index contributed by atoms with van der Waals surface area (Å²) in [6.07, 6.45) is 2.19. The number of nitrogens with zero attached hydrogens (tertiary/aromatic N) is 2. The van der Waals surface area contributed by atoms with Gasteiger partial charge in [-0.1, -0.05) is 6.07 Å². The van der Waals surface area contributed by atoms with Gasteiger partial charge in [-0.15, -0.1) is 0 Å². The second-order valence-electron chi connectivity index (χ2n) is 5.51. The zero-order valence-electron chi connectivity index (χ0n) is 12.2. The number of rotatable bonds is 6. The number of ether oxygens (including phenoxy) is 1. The molecule has 116 valence electrons. The van der Waals surface area contributed by atoms with Crippen molar-refractivity contribution in [3.63, 3.8) is 0 Å². The maximum atomic E-state index is 10.9. The first kappa shape index (κ1) is 15.7. The number of hydrogen-bond acceptors (Lipinski definition) is 6. The minimum absolute atomic E-state index is 0.00617. The quantitative estimate of drug-likeness (QED) is 0.471. The first-order valence-corrected chi connectivity index (χ1v) is 7.10. The fraction of sp³-hybridized carbons (Fsp3) is 0.571. The van der Waals surface area contributed by atoms with E-state index in [1.165, 1.54) is 6.07 Å². The number of nitrogens with two attached hydrogens (primary N) is 1. The van der Waals surface area contributed by atoms with Gasteiger partial charge in [0.1, 0.15) is 5.69 Å². The van der Waals surface area contributed by atoms with Gasteiger partial charge in [0.15, 0.2) is 0 Å². The number of nitro benzene ring substituents is 1. The van der Waals surface area contributed by atoms with Crippen molar-refractivity contribution < 1.29 is 9.66 Å². The third-order valence-electron chi connectivity index (χ3n) is 3.78. The van der Waals surface area contributed by atoms with Gasteiger partial charge >= 0.3 is 0 Å². The van der Waals surface area contributed by atoms with Gasteiger partial charge in [-0.05, 0) is 37.4 Å². The minimum atomic E-state index is -0.440. The Hall–Kier alpha value is -1.70. The molecule has 0 saturated carbocycles. The van der Waals surface area contributed by atoms with Crippen LogP contribution in [0.2, 0.25) is 0 Å². The molecule has 1 fully saturated rings. The molecule has 1 aromatic rings. The Kier molecular flexibility index (Phi) is 5.49. The average molecular weight is 294 g/mol. The Labute approximate surface area is 124 Å². The molecule has 0 spiro atoms. The molecule has 7 heteroatoms. The lowest BCUT2D eigenvalue weighted by atomic mass is 9.99. The summed E-state index contributed by atoms with van der Waals surface area (Å²) in [5.74, 6) is 6.02.